The van der Waals surface area contributed by atoms with E-state index in [0.29, 0.717) is 24.7 Å². The smallest absolute Gasteiger partial charge is 0.355 e. The lowest BCUT2D eigenvalue weighted by atomic mass is 9.77. The van der Waals surface area contributed by atoms with Crippen LogP contribution in [0.4, 0.5) is 11.4 Å². The van der Waals surface area contributed by atoms with Gasteiger partial charge in [0.25, 0.3) is 11.7 Å². The van der Waals surface area contributed by atoms with Crippen LogP contribution in [0.3, 0.4) is 0 Å². The highest BCUT2D eigenvalue weighted by Gasteiger charge is 2.50. The van der Waals surface area contributed by atoms with Gasteiger partial charge in [-0.2, -0.15) is 0 Å². The molecule has 2 amide bonds. The summed E-state index contributed by atoms with van der Waals surface area (Å²) in [6, 6.07) is 3.21. The number of nitrogens with zero attached hydrogens (tertiary/aromatic N) is 3. The summed E-state index contributed by atoms with van der Waals surface area (Å²) in [6.45, 7) is 21.9. The molecular weight excluding hydrogens is 1070 g/mol. The van der Waals surface area contributed by atoms with Crippen LogP contribution in [-0.2, 0) is 42.7 Å². The third kappa shape index (κ3) is 13.0. The van der Waals surface area contributed by atoms with Crippen molar-refractivity contribution in [2.24, 2.45) is 35.5 Å². The van der Waals surface area contributed by atoms with E-state index in [1.54, 1.807) is 58.9 Å². The molecule has 6 aliphatic rings. The number of aromatic hydroxyl groups is 2. The summed E-state index contributed by atoms with van der Waals surface area (Å²) >= 11 is 0. The average Bonchev–Trinajstić information content (AvgIpc) is 3.90. The van der Waals surface area contributed by atoms with Gasteiger partial charge in [-0.25, -0.2) is 4.98 Å². The summed E-state index contributed by atoms with van der Waals surface area (Å²) in [6.07, 6.45) is 2.34. The van der Waals surface area contributed by atoms with E-state index >= 15 is 4.79 Å². The number of benzene rings is 3. The van der Waals surface area contributed by atoms with Crippen LogP contribution in [0, 0.1) is 42.4 Å². The minimum atomic E-state index is -5.06. The Morgan fingerprint density at radius 1 is 0.938 bits per heavy atom. The Bertz CT molecular complexity index is 3300. The molecule has 438 valence electrons. The Kier molecular flexibility index (Phi) is 18.6. The van der Waals surface area contributed by atoms with Gasteiger partial charge in [0.2, 0.25) is 11.3 Å². The Hall–Kier alpha value is -7.17. The molecule has 2 aromatic rings. The summed E-state index contributed by atoms with van der Waals surface area (Å²) in [5.41, 5.74) is -1.21. The zero-order chi connectivity index (χ0) is 59.7. The van der Waals surface area contributed by atoms with E-state index in [9.17, 15) is 58.4 Å². The molecule has 5 aliphatic heterocycles. The molecule has 5 heterocycles. The number of anilines is 2. The normalized spacial score (nSPS) is 27.0. The van der Waals surface area contributed by atoms with Gasteiger partial charge in [0.05, 0.1) is 29.7 Å². The van der Waals surface area contributed by atoms with Crippen LogP contribution in [0.5, 0.6) is 17.2 Å². The SMILES string of the molecule is CC(=O)O[C@H]1[C@H](C)[C@H](O)[C@H](C)[C@@H](OC(=O)CCC(=O)NC(C=O)P(=O)(O)O)[C@@H](C)/C=C/C=C(/C)C(=O)Nc2c3oc4cc(N5CCN(CC(C)C)CC5)cc(O)c4nc-3c3c4c(c(C)c(O)c3c2=O)O[C@](C)(O/C=C/[C@H](C)[C@H]1C)C4=O. The minimum absolute atomic E-state index is 0.0103. The zero-order valence-electron chi connectivity index (χ0n) is 47.2. The number of nitrogens with one attached hydrogen (secondary N) is 2. The van der Waals surface area contributed by atoms with Gasteiger partial charge in [0.1, 0.15) is 46.4 Å². The highest BCUT2D eigenvalue weighted by atomic mass is 31.2. The van der Waals surface area contributed by atoms with Crippen molar-refractivity contribution >= 4 is 76.7 Å². The van der Waals surface area contributed by atoms with Crippen molar-refractivity contribution < 1.29 is 81.8 Å². The number of ketones is 1. The number of piperazine rings is 1. The number of esters is 2. The van der Waals surface area contributed by atoms with Crippen LogP contribution >= 0.6 is 7.60 Å². The van der Waals surface area contributed by atoms with E-state index in [4.69, 9.17) is 28.3 Å². The molecule has 24 heteroatoms. The second kappa shape index (κ2) is 24.5. The number of carbonyl (C=O) groups excluding carboxylic acids is 6. The predicted octanol–water partition coefficient (Wildman–Crippen LogP) is 6.20. The van der Waals surface area contributed by atoms with Gasteiger partial charge in [-0.1, -0.05) is 66.7 Å². The van der Waals surface area contributed by atoms with Gasteiger partial charge in [-0.3, -0.25) is 38.2 Å². The molecular formula is C57H72N5O18P. The molecule has 10 atom stereocenters. The van der Waals surface area contributed by atoms with Crippen LogP contribution in [0.15, 0.2) is 57.5 Å². The molecule has 1 aliphatic carbocycles. The maximum atomic E-state index is 15.1. The number of fused-ring (bicyclic) bond motifs is 14. The van der Waals surface area contributed by atoms with Gasteiger partial charge >= 0.3 is 25.3 Å². The van der Waals surface area contributed by atoms with Gasteiger partial charge < -0.3 is 68.8 Å². The fourth-order valence-electron chi connectivity index (χ4n) is 10.7. The number of carbonyl (C=O) groups is 6. The van der Waals surface area contributed by atoms with Crippen LogP contribution in [0.25, 0.3) is 33.3 Å². The monoisotopic (exact) mass is 1150 g/mol. The van der Waals surface area contributed by atoms with E-state index in [0.717, 1.165) is 19.6 Å². The molecule has 23 nitrogen and oxygen atoms in total. The minimum Gasteiger partial charge on any atom is -0.507 e. The summed E-state index contributed by atoms with van der Waals surface area (Å²) in [4.78, 5) is 122. The molecule has 7 N–H and O–H groups in total. The summed E-state index contributed by atoms with van der Waals surface area (Å²) in [5, 5.41) is 39.7. The number of phenols is 2. The molecule has 1 fully saturated rings. The first-order chi connectivity index (χ1) is 38.0. The third-order valence-electron chi connectivity index (χ3n) is 15.5. The zero-order valence-corrected chi connectivity index (χ0v) is 48.1. The lowest BCUT2D eigenvalue weighted by Gasteiger charge is -2.38. The molecule has 0 radical (unpaired) electrons. The highest BCUT2D eigenvalue weighted by molar-refractivity contribution is 7.53. The van der Waals surface area contributed by atoms with Crippen LogP contribution in [-0.4, -0.2) is 133 Å². The molecule has 0 spiro atoms. The number of aldehydes is 1. The van der Waals surface area contributed by atoms with Crippen molar-refractivity contribution in [1.82, 2.24) is 15.2 Å². The van der Waals surface area contributed by atoms with Crippen molar-refractivity contribution in [3.05, 3.63) is 69.6 Å². The van der Waals surface area contributed by atoms with E-state index in [1.807, 2.05) is 5.32 Å². The predicted molar refractivity (Wildman–Crippen MR) is 298 cm³/mol. The lowest BCUT2D eigenvalue weighted by molar-refractivity contribution is -0.164. The maximum Gasteiger partial charge on any atom is 0.355 e. The van der Waals surface area contributed by atoms with E-state index in [2.05, 4.69) is 29.0 Å². The summed E-state index contributed by atoms with van der Waals surface area (Å²) in [5.74, 6) is -13.0. The topological polar surface area (TPSA) is 331 Å². The van der Waals surface area contributed by atoms with Gasteiger partial charge in [0.15, 0.2) is 23.4 Å². The molecule has 0 saturated carbocycles. The quantitative estimate of drug-likeness (QED) is 0.0289. The molecule has 0 aromatic heterocycles. The van der Waals surface area contributed by atoms with Crippen LogP contribution in [0.1, 0.15) is 98.0 Å². The molecule has 1 saturated heterocycles. The molecule has 2 aromatic carbocycles. The largest absolute Gasteiger partial charge is 0.507 e. The van der Waals surface area contributed by atoms with Gasteiger partial charge in [-0.15, -0.1) is 0 Å². The fourth-order valence-corrected chi connectivity index (χ4v) is 11.2. The van der Waals surface area contributed by atoms with Crippen molar-refractivity contribution in [3.8, 4) is 28.7 Å². The Morgan fingerprint density at radius 2 is 1.60 bits per heavy atom. The standard InChI is InChI=1S/C57H72N5O18P/c1-27(2)25-61-18-20-62(21-19-61)36-23-37(65)45-38(24-36)78-54-46(59-45)42-43-49(69)34(9)53-44(42)55(71)57(11,80-53)76-22-17-28(3)31(6)52(77-35(10)64)33(8)48(68)32(7)51(29(4)13-12-14-30(5)56(72)60-47(54)50(43)70)79-41(67)16-15-39(66)58-40(26-63)81(73,74)75/h12-14,17,22-24,26-29,31-33,40,48,51-52,65,68-69H,15-16,18-21,25H2,1-11H3,(H,58,66)(H,60,72)(H2,73,74,75)/b13-12+,22-17+,30-14-/t28-,29-,31+,32-,33+,40?,48+,51-,52+,57-/m0/s1. The number of amides is 2. The molecule has 8 rings (SSSR count). The van der Waals surface area contributed by atoms with Gasteiger partial charge in [-0.05, 0) is 37.7 Å². The average molecular weight is 1150 g/mol. The van der Waals surface area contributed by atoms with Crippen molar-refractivity contribution in [2.45, 2.75) is 119 Å². The molecule has 81 heavy (non-hydrogen) atoms. The number of aliphatic hydroxyl groups excluding tert-OH is 1. The number of aliphatic hydroxyl groups is 1. The Balaban J connectivity index is 1.35. The fraction of sp³-hybridized carbons (Fsp3) is 0.509. The molecule has 1 unspecified atom stereocenters. The number of phenolic OH excluding ortho intramolecular Hbond substituents is 2. The second-order valence-corrected chi connectivity index (χ2v) is 23.8. The van der Waals surface area contributed by atoms with E-state index in [1.165, 1.54) is 46.1 Å². The molecule has 5 bridgehead atoms. The third-order valence-corrected chi connectivity index (χ3v) is 16.5. The van der Waals surface area contributed by atoms with Crippen molar-refractivity contribution in [3.63, 3.8) is 0 Å². The van der Waals surface area contributed by atoms with E-state index < -0.39 is 132 Å². The summed E-state index contributed by atoms with van der Waals surface area (Å²) in [7, 11) is -5.06. The number of hydrogen-bond donors (Lipinski definition) is 7. The second-order valence-electron chi connectivity index (χ2n) is 22.1. The number of ether oxygens (including phenoxy) is 4. The van der Waals surface area contributed by atoms with Gasteiger partial charge in [0, 0.05) is 105 Å². The first-order valence-electron chi connectivity index (χ1n) is 26.9. The number of rotatable bonds is 11. The first-order valence-corrected chi connectivity index (χ1v) is 28.5. The number of hydrogen-bond acceptors (Lipinski definition) is 19. The van der Waals surface area contributed by atoms with Crippen molar-refractivity contribution in [2.75, 3.05) is 42.9 Å². The van der Waals surface area contributed by atoms with Crippen LogP contribution < -0.4 is 25.7 Å². The number of Topliss-reactive ketones (excluding diaryl/α,β-unsaturated/α-hetero) is 1. The highest BCUT2D eigenvalue weighted by Crippen LogP contribution is 2.51. The van der Waals surface area contributed by atoms with Crippen molar-refractivity contribution in [1.29, 1.82) is 0 Å². The lowest BCUT2D eigenvalue weighted by Crippen LogP contribution is -2.47. The van der Waals surface area contributed by atoms with Crippen LogP contribution in [0.2, 0.25) is 0 Å². The maximum absolute atomic E-state index is 15.1. The van der Waals surface area contributed by atoms with E-state index in [-0.39, 0.29) is 62.4 Å². The summed E-state index contributed by atoms with van der Waals surface area (Å²) < 4.78 is 42.4. The first kappa shape index (κ1) is 61.4. The Morgan fingerprint density at radius 3 is 2.23 bits per heavy atom. The number of aromatic nitrogens is 1. The number of allylic oxidation sites excluding steroid dienone is 3. The Labute approximate surface area is 467 Å².